The molecule has 0 aliphatic heterocycles. The number of aryl methyl sites for hydroxylation is 2. The lowest BCUT2D eigenvalue weighted by Gasteiger charge is -2.15. The van der Waals surface area contributed by atoms with Crippen LogP contribution in [0.4, 0.5) is 10.5 Å². The molecule has 0 unspecified atom stereocenters. The second-order valence-corrected chi connectivity index (χ2v) is 5.84. The van der Waals surface area contributed by atoms with Gasteiger partial charge in [-0.05, 0) is 37.6 Å². The second-order valence-electron chi connectivity index (χ2n) is 5.84. The molecule has 0 saturated carbocycles. The van der Waals surface area contributed by atoms with E-state index in [0.29, 0.717) is 16.8 Å². The summed E-state index contributed by atoms with van der Waals surface area (Å²) in [6.45, 7) is 3.95. The zero-order valence-corrected chi connectivity index (χ0v) is 13.8. The van der Waals surface area contributed by atoms with Gasteiger partial charge in [0.1, 0.15) is 0 Å². The fourth-order valence-corrected chi connectivity index (χ4v) is 2.51. The van der Waals surface area contributed by atoms with Crippen LogP contribution in [-0.2, 0) is 7.05 Å². The van der Waals surface area contributed by atoms with E-state index in [1.54, 1.807) is 25.2 Å². The molecule has 0 aliphatic rings. The van der Waals surface area contributed by atoms with Gasteiger partial charge in [-0.15, -0.1) is 0 Å². The average molecular weight is 325 g/mol. The van der Waals surface area contributed by atoms with Gasteiger partial charge < -0.3 is 15.1 Å². The predicted molar refractivity (Wildman–Crippen MR) is 93.2 cm³/mol. The Morgan fingerprint density at radius 2 is 1.88 bits per heavy atom. The molecule has 24 heavy (non-hydrogen) atoms. The van der Waals surface area contributed by atoms with E-state index in [-0.39, 0.29) is 12.1 Å². The van der Waals surface area contributed by atoms with Gasteiger partial charge in [-0.3, -0.25) is 4.57 Å². The number of hydrogen-bond donors (Lipinski definition) is 2. The maximum Gasteiger partial charge on any atom is 0.419 e. The molecule has 0 saturated heterocycles. The normalized spacial score (nSPS) is 12.1. The zero-order valence-electron chi connectivity index (χ0n) is 13.8. The van der Waals surface area contributed by atoms with Gasteiger partial charge in [0.25, 0.3) is 0 Å². The first-order valence-electron chi connectivity index (χ1n) is 7.68. The number of hydrogen-bond acceptors (Lipinski definition) is 3. The van der Waals surface area contributed by atoms with Gasteiger partial charge in [-0.25, -0.2) is 9.59 Å². The highest BCUT2D eigenvalue weighted by Gasteiger charge is 2.11. The molecule has 2 N–H and O–H groups in total. The first kappa shape index (κ1) is 15.9. The fraction of sp³-hybridized carbons (Fsp3) is 0.222. The van der Waals surface area contributed by atoms with Crippen molar-refractivity contribution in [2.24, 2.45) is 7.05 Å². The van der Waals surface area contributed by atoms with Crippen molar-refractivity contribution in [3.63, 3.8) is 0 Å². The minimum Gasteiger partial charge on any atom is -0.408 e. The summed E-state index contributed by atoms with van der Waals surface area (Å²) in [5.41, 5.74) is 3.91. The van der Waals surface area contributed by atoms with Gasteiger partial charge in [-0.1, -0.05) is 29.8 Å². The minimum absolute atomic E-state index is 0.118. The molecule has 1 heterocycles. The van der Waals surface area contributed by atoms with E-state index < -0.39 is 5.76 Å². The molecule has 0 fully saturated rings. The Kier molecular flexibility index (Phi) is 4.12. The van der Waals surface area contributed by atoms with Crippen LogP contribution in [0, 0.1) is 6.92 Å². The SMILES string of the molecule is Cc1ccc([C@@H](C)NC(=O)Nc2ccc3oc(=O)n(C)c3c2)cc1. The summed E-state index contributed by atoms with van der Waals surface area (Å²) in [7, 11) is 1.62. The number of carbonyl (C=O) groups excluding carboxylic acids is 1. The predicted octanol–water partition coefficient (Wildman–Crippen LogP) is 3.32. The first-order chi connectivity index (χ1) is 11.4. The summed E-state index contributed by atoms with van der Waals surface area (Å²) in [5, 5.41) is 5.67. The van der Waals surface area contributed by atoms with Crippen LogP contribution >= 0.6 is 0 Å². The van der Waals surface area contributed by atoms with E-state index in [1.807, 2.05) is 38.1 Å². The van der Waals surface area contributed by atoms with Gasteiger partial charge in [0.2, 0.25) is 0 Å². The van der Waals surface area contributed by atoms with Gasteiger partial charge in [0.05, 0.1) is 11.6 Å². The van der Waals surface area contributed by atoms with Crippen molar-refractivity contribution in [3.8, 4) is 0 Å². The van der Waals surface area contributed by atoms with Crippen LogP contribution in [0.3, 0.4) is 0 Å². The highest BCUT2D eigenvalue weighted by Crippen LogP contribution is 2.18. The molecule has 3 aromatic rings. The lowest BCUT2D eigenvalue weighted by atomic mass is 10.1. The summed E-state index contributed by atoms with van der Waals surface area (Å²) in [5.74, 6) is -0.431. The summed E-state index contributed by atoms with van der Waals surface area (Å²) in [6, 6.07) is 12.6. The number of nitrogens with one attached hydrogen (secondary N) is 2. The monoisotopic (exact) mass is 325 g/mol. The largest absolute Gasteiger partial charge is 0.419 e. The van der Waals surface area contributed by atoms with E-state index in [2.05, 4.69) is 10.6 Å². The fourth-order valence-electron chi connectivity index (χ4n) is 2.51. The number of amides is 2. The Morgan fingerprint density at radius 3 is 2.58 bits per heavy atom. The number of carbonyl (C=O) groups is 1. The summed E-state index contributed by atoms with van der Waals surface area (Å²) >= 11 is 0. The minimum atomic E-state index is -0.431. The number of anilines is 1. The van der Waals surface area contributed by atoms with Crippen LogP contribution in [0.5, 0.6) is 0 Å². The van der Waals surface area contributed by atoms with Crippen molar-refractivity contribution < 1.29 is 9.21 Å². The number of rotatable bonds is 3. The molecule has 1 atom stereocenters. The van der Waals surface area contributed by atoms with E-state index in [9.17, 15) is 9.59 Å². The van der Waals surface area contributed by atoms with Gasteiger partial charge in [0, 0.05) is 12.7 Å². The smallest absolute Gasteiger partial charge is 0.408 e. The van der Waals surface area contributed by atoms with Crippen LogP contribution in [0.15, 0.2) is 51.7 Å². The number of urea groups is 1. The van der Waals surface area contributed by atoms with Crippen molar-refractivity contribution in [3.05, 3.63) is 64.1 Å². The third-order valence-corrected chi connectivity index (χ3v) is 3.97. The number of benzene rings is 2. The standard InChI is InChI=1S/C18H19N3O3/c1-11-4-6-13(7-5-11)12(2)19-17(22)20-14-8-9-16-15(10-14)21(3)18(23)24-16/h4-10,12H,1-3H3,(H2,19,20,22)/t12-/m1/s1. The maximum atomic E-state index is 12.2. The van der Waals surface area contributed by atoms with Crippen molar-refractivity contribution in [2.45, 2.75) is 19.9 Å². The third kappa shape index (κ3) is 3.17. The summed E-state index contributed by atoms with van der Waals surface area (Å²) in [4.78, 5) is 23.7. The van der Waals surface area contributed by atoms with E-state index in [4.69, 9.17) is 4.42 Å². The molecular weight excluding hydrogens is 306 g/mol. The van der Waals surface area contributed by atoms with Crippen molar-refractivity contribution >= 4 is 22.8 Å². The zero-order chi connectivity index (χ0) is 17.3. The maximum absolute atomic E-state index is 12.2. The van der Waals surface area contributed by atoms with E-state index in [1.165, 1.54) is 10.1 Å². The Hall–Kier alpha value is -3.02. The van der Waals surface area contributed by atoms with Crippen LogP contribution in [-0.4, -0.2) is 10.6 Å². The van der Waals surface area contributed by atoms with Gasteiger partial charge in [-0.2, -0.15) is 0 Å². The lowest BCUT2D eigenvalue weighted by molar-refractivity contribution is 0.249. The molecule has 6 heteroatoms. The Balaban J connectivity index is 1.71. The second kappa shape index (κ2) is 6.23. The van der Waals surface area contributed by atoms with Gasteiger partial charge >= 0.3 is 11.8 Å². The van der Waals surface area contributed by atoms with E-state index in [0.717, 1.165) is 5.56 Å². The molecule has 124 valence electrons. The van der Waals surface area contributed by atoms with E-state index >= 15 is 0 Å². The van der Waals surface area contributed by atoms with Crippen LogP contribution < -0.4 is 16.4 Å². The van der Waals surface area contributed by atoms with Crippen LogP contribution in [0.25, 0.3) is 11.1 Å². The highest BCUT2D eigenvalue weighted by atomic mass is 16.4. The molecule has 0 aliphatic carbocycles. The lowest BCUT2D eigenvalue weighted by Crippen LogP contribution is -2.31. The summed E-state index contributed by atoms with van der Waals surface area (Å²) < 4.78 is 6.47. The molecule has 0 bridgehead atoms. The first-order valence-corrected chi connectivity index (χ1v) is 7.68. The van der Waals surface area contributed by atoms with Crippen molar-refractivity contribution in [1.82, 2.24) is 9.88 Å². The molecule has 0 spiro atoms. The number of oxazole rings is 1. The van der Waals surface area contributed by atoms with Gasteiger partial charge in [0.15, 0.2) is 5.58 Å². The highest BCUT2D eigenvalue weighted by molar-refractivity contribution is 5.91. The number of nitrogens with zero attached hydrogens (tertiary/aromatic N) is 1. The Bertz CT molecular complexity index is 938. The molecular formula is C18H19N3O3. The Morgan fingerprint density at radius 1 is 1.17 bits per heavy atom. The summed E-state index contributed by atoms with van der Waals surface area (Å²) in [6.07, 6.45) is 0. The van der Waals surface area contributed by atoms with Crippen molar-refractivity contribution in [1.29, 1.82) is 0 Å². The molecule has 1 aromatic heterocycles. The quantitative estimate of drug-likeness (QED) is 0.775. The average Bonchev–Trinajstić information content (AvgIpc) is 2.82. The third-order valence-electron chi connectivity index (χ3n) is 3.97. The van der Waals surface area contributed by atoms with Crippen molar-refractivity contribution in [2.75, 3.05) is 5.32 Å². The Labute approximate surface area is 139 Å². The topological polar surface area (TPSA) is 76.3 Å². The molecule has 2 amide bonds. The van der Waals surface area contributed by atoms with Crippen LogP contribution in [0.1, 0.15) is 24.1 Å². The molecule has 3 rings (SSSR count). The number of fused-ring (bicyclic) bond motifs is 1. The van der Waals surface area contributed by atoms with Crippen LogP contribution in [0.2, 0.25) is 0 Å². The molecule has 6 nitrogen and oxygen atoms in total. The molecule has 0 radical (unpaired) electrons. The molecule has 2 aromatic carbocycles. The number of aromatic nitrogens is 1.